The van der Waals surface area contributed by atoms with Gasteiger partial charge in [-0.05, 0) is 13.3 Å². The molecule has 1 N–H and O–H groups in total. The molecule has 2 aliphatic rings. The second-order valence-corrected chi connectivity index (χ2v) is 5.28. The van der Waals surface area contributed by atoms with Crippen molar-refractivity contribution < 1.29 is 9.59 Å². The fourth-order valence-electron chi connectivity index (χ4n) is 2.54. The zero-order valence-corrected chi connectivity index (χ0v) is 11.7. The lowest BCUT2D eigenvalue weighted by molar-refractivity contribution is -0.127. The number of nitrogens with zero attached hydrogens (tertiary/aromatic N) is 3. The molecule has 0 aliphatic carbocycles. The molecule has 2 amide bonds. The Morgan fingerprint density at radius 1 is 1.53 bits per heavy atom. The number of amides is 2. The summed E-state index contributed by atoms with van der Waals surface area (Å²) in [5.74, 6) is 0.0942. The molecule has 19 heavy (non-hydrogen) atoms. The first kappa shape index (κ1) is 13.8. The van der Waals surface area contributed by atoms with Crippen LogP contribution in [-0.4, -0.2) is 59.7 Å². The van der Waals surface area contributed by atoms with Gasteiger partial charge in [0.2, 0.25) is 11.8 Å². The van der Waals surface area contributed by atoms with E-state index >= 15 is 0 Å². The van der Waals surface area contributed by atoms with Crippen molar-refractivity contribution in [3.05, 3.63) is 0 Å². The molecule has 1 unspecified atom stereocenters. The number of carbonyl (C=O) groups is 2. The van der Waals surface area contributed by atoms with Crippen LogP contribution in [0.25, 0.3) is 0 Å². The summed E-state index contributed by atoms with van der Waals surface area (Å²) >= 11 is 0. The summed E-state index contributed by atoms with van der Waals surface area (Å²) < 4.78 is 0. The Balaban J connectivity index is 1.76. The Hall–Kier alpha value is -1.59. The molecule has 0 radical (unpaired) electrons. The second-order valence-electron chi connectivity index (χ2n) is 5.28. The van der Waals surface area contributed by atoms with Crippen molar-refractivity contribution in [2.75, 3.05) is 26.2 Å². The van der Waals surface area contributed by atoms with Gasteiger partial charge in [-0.1, -0.05) is 6.92 Å². The number of hydrogen-bond acceptors (Lipinski definition) is 4. The van der Waals surface area contributed by atoms with Crippen LogP contribution in [-0.2, 0) is 9.59 Å². The first-order valence-corrected chi connectivity index (χ1v) is 6.94. The molecule has 2 rings (SSSR count). The quantitative estimate of drug-likeness (QED) is 0.773. The third kappa shape index (κ3) is 3.68. The molecule has 0 bridgehead atoms. The molecule has 0 aromatic carbocycles. The van der Waals surface area contributed by atoms with Crippen molar-refractivity contribution in [1.29, 1.82) is 0 Å². The van der Waals surface area contributed by atoms with Crippen molar-refractivity contribution in [1.82, 2.24) is 15.2 Å². The first-order chi connectivity index (χ1) is 9.08. The van der Waals surface area contributed by atoms with Crippen LogP contribution < -0.4 is 5.32 Å². The Labute approximate surface area is 113 Å². The molecule has 6 heteroatoms. The maximum atomic E-state index is 11.9. The van der Waals surface area contributed by atoms with Gasteiger partial charge in [-0.15, -0.1) is 0 Å². The molecule has 1 saturated heterocycles. The van der Waals surface area contributed by atoms with Gasteiger partial charge < -0.3 is 10.2 Å². The number of rotatable bonds is 5. The number of hydrogen-bond donors (Lipinski definition) is 1. The van der Waals surface area contributed by atoms with Crippen LogP contribution in [0.15, 0.2) is 5.10 Å². The minimum Gasteiger partial charge on any atom is -0.349 e. The van der Waals surface area contributed by atoms with E-state index in [0.29, 0.717) is 13.0 Å². The molecular weight excluding hydrogens is 244 g/mol. The lowest BCUT2D eigenvalue weighted by atomic mass is 10.2. The second kappa shape index (κ2) is 6.04. The summed E-state index contributed by atoms with van der Waals surface area (Å²) in [5.41, 5.74) is 1.07. The van der Waals surface area contributed by atoms with Gasteiger partial charge in [-0.2, -0.15) is 5.10 Å². The highest BCUT2D eigenvalue weighted by Crippen LogP contribution is 2.11. The number of likely N-dealkylation sites (tertiary alicyclic amines) is 1. The van der Waals surface area contributed by atoms with E-state index in [4.69, 9.17) is 0 Å². The van der Waals surface area contributed by atoms with Crippen molar-refractivity contribution >= 4 is 17.5 Å². The minimum absolute atomic E-state index is 0.0424. The molecule has 106 valence electrons. The Morgan fingerprint density at radius 3 is 2.95 bits per heavy atom. The van der Waals surface area contributed by atoms with Crippen molar-refractivity contribution in [3.8, 4) is 0 Å². The zero-order chi connectivity index (χ0) is 13.8. The van der Waals surface area contributed by atoms with E-state index in [2.05, 4.69) is 10.4 Å². The van der Waals surface area contributed by atoms with Gasteiger partial charge in [0, 0.05) is 38.2 Å². The molecule has 1 fully saturated rings. The molecule has 0 aromatic heterocycles. The predicted octanol–water partition coefficient (Wildman–Crippen LogP) is 0.195. The Kier molecular flexibility index (Phi) is 4.39. The Bertz CT molecular complexity index is 394. The highest BCUT2D eigenvalue weighted by molar-refractivity contribution is 5.85. The summed E-state index contributed by atoms with van der Waals surface area (Å²) in [6, 6.07) is -0.0424. The molecule has 1 atom stereocenters. The van der Waals surface area contributed by atoms with Crippen LogP contribution in [0, 0.1) is 0 Å². The summed E-state index contributed by atoms with van der Waals surface area (Å²) in [7, 11) is 0. The van der Waals surface area contributed by atoms with Crippen LogP contribution in [0.2, 0.25) is 0 Å². The van der Waals surface area contributed by atoms with Crippen molar-refractivity contribution in [2.24, 2.45) is 5.10 Å². The van der Waals surface area contributed by atoms with Gasteiger partial charge in [-0.3, -0.25) is 14.6 Å². The SMILES string of the molecule is CCCN1CC(NC(=O)CN2CCC(C)=N2)CC1=O. The highest BCUT2D eigenvalue weighted by atomic mass is 16.2. The van der Waals surface area contributed by atoms with Crippen LogP contribution in [0.3, 0.4) is 0 Å². The summed E-state index contributed by atoms with van der Waals surface area (Å²) in [6.07, 6.45) is 2.31. The van der Waals surface area contributed by atoms with Crippen LogP contribution in [0.1, 0.15) is 33.1 Å². The van der Waals surface area contributed by atoms with Gasteiger partial charge in [0.05, 0.1) is 6.04 Å². The lowest BCUT2D eigenvalue weighted by Gasteiger charge is -2.17. The molecule has 2 heterocycles. The van der Waals surface area contributed by atoms with E-state index in [1.54, 1.807) is 5.01 Å². The van der Waals surface area contributed by atoms with Crippen molar-refractivity contribution in [2.45, 2.75) is 39.2 Å². The van der Waals surface area contributed by atoms with Gasteiger partial charge in [0.15, 0.2) is 0 Å². The monoisotopic (exact) mass is 266 g/mol. The van der Waals surface area contributed by atoms with E-state index in [0.717, 1.165) is 31.6 Å². The maximum absolute atomic E-state index is 11.9. The highest BCUT2D eigenvalue weighted by Gasteiger charge is 2.30. The first-order valence-electron chi connectivity index (χ1n) is 6.94. The van der Waals surface area contributed by atoms with Gasteiger partial charge in [0.1, 0.15) is 6.54 Å². The Morgan fingerprint density at radius 2 is 2.32 bits per heavy atom. The van der Waals surface area contributed by atoms with Gasteiger partial charge >= 0.3 is 0 Å². The molecule has 6 nitrogen and oxygen atoms in total. The van der Waals surface area contributed by atoms with E-state index in [1.165, 1.54) is 0 Å². The van der Waals surface area contributed by atoms with E-state index in [9.17, 15) is 9.59 Å². The summed E-state index contributed by atoms with van der Waals surface area (Å²) in [6.45, 7) is 6.53. The average molecular weight is 266 g/mol. The average Bonchev–Trinajstić information content (AvgIpc) is 2.87. The number of nitrogens with one attached hydrogen (secondary N) is 1. The van der Waals surface area contributed by atoms with Crippen LogP contribution in [0.5, 0.6) is 0 Å². The number of carbonyl (C=O) groups excluding carboxylic acids is 2. The number of hydrazone groups is 1. The fraction of sp³-hybridized carbons (Fsp3) is 0.769. The molecular formula is C13H22N4O2. The minimum atomic E-state index is -0.0467. The van der Waals surface area contributed by atoms with Gasteiger partial charge in [-0.25, -0.2) is 0 Å². The van der Waals surface area contributed by atoms with Crippen molar-refractivity contribution in [3.63, 3.8) is 0 Å². The predicted molar refractivity (Wildman–Crippen MR) is 72.7 cm³/mol. The smallest absolute Gasteiger partial charge is 0.241 e. The van der Waals surface area contributed by atoms with Crippen LogP contribution >= 0.6 is 0 Å². The largest absolute Gasteiger partial charge is 0.349 e. The molecule has 0 saturated carbocycles. The topological polar surface area (TPSA) is 65.0 Å². The van der Waals surface area contributed by atoms with E-state index in [1.807, 2.05) is 18.7 Å². The normalized spacial score (nSPS) is 22.9. The third-order valence-electron chi connectivity index (χ3n) is 3.44. The maximum Gasteiger partial charge on any atom is 0.241 e. The third-order valence-corrected chi connectivity index (χ3v) is 3.44. The van der Waals surface area contributed by atoms with E-state index < -0.39 is 0 Å². The molecule has 2 aliphatic heterocycles. The fourth-order valence-corrected chi connectivity index (χ4v) is 2.54. The summed E-state index contributed by atoms with van der Waals surface area (Å²) in [5, 5.41) is 8.98. The van der Waals surface area contributed by atoms with Gasteiger partial charge in [0.25, 0.3) is 0 Å². The van der Waals surface area contributed by atoms with E-state index in [-0.39, 0.29) is 24.4 Å². The standard InChI is InChI=1S/C13H22N4O2/c1-3-5-16-8-11(7-13(16)19)14-12(18)9-17-6-4-10(2)15-17/h11H,3-9H2,1-2H3,(H,14,18). The van der Waals surface area contributed by atoms with Crippen LogP contribution in [0.4, 0.5) is 0 Å². The molecule has 0 spiro atoms. The summed E-state index contributed by atoms with van der Waals surface area (Å²) in [4.78, 5) is 25.4. The molecule has 0 aromatic rings. The zero-order valence-electron chi connectivity index (χ0n) is 11.7. The lowest BCUT2D eigenvalue weighted by Crippen LogP contribution is -2.41.